The SMILES string of the molecule is CS(=O)(=O)c1cccc(CNc2nc(Nc3ccc(N4CCN(Cc5ccc(N6CCC(=O)NC6=O)cc5)CC4)cc3)ncc2C(F)(F)F)c1. The van der Waals surface area contributed by atoms with Gasteiger partial charge in [-0.15, -0.1) is 0 Å². The van der Waals surface area contributed by atoms with Crippen molar-refractivity contribution in [3.63, 3.8) is 0 Å². The van der Waals surface area contributed by atoms with Crippen LogP contribution in [-0.4, -0.2) is 74.2 Å². The van der Waals surface area contributed by atoms with Crippen LogP contribution in [0, 0.1) is 0 Å². The Balaban J connectivity index is 1.03. The first kappa shape index (κ1) is 34.6. The summed E-state index contributed by atoms with van der Waals surface area (Å²) in [6.07, 6.45) is -2.66. The quantitative estimate of drug-likeness (QED) is 0.206. The maximum absolute atomic E-state index is 13.8. The highest BCUT2D eigenvalue weighted by Gasteiger charge is 2.35. The van der Waals surface area contributed by atoms with Crippen molar-refractivity contribution in [2.75, 3.05) is 59.4 Å². The van der Waals surface area contributed by atoms with Gasteiger partial charge in [-0.05, 0) is 59.7 Å². The van der Waals surface area contributed by atoms with Gasteiger partial charge in [-0.3, -0.25) is 19.9 Å². The number of amides is 3. The maximum Gasteiger partial charge on any atom is 0.421 e. The van der Waals surface area contributed by atoms with Crippen molar-refractivity contribution in [1.29, 1.82) is 0 Å². The fourth-order valence-electron chi connectivity index (χ4n) is 5.75. The van der Waals surface area contributed by atoms with E-state index < -0.39 is 33.4 Å². The van der Waals surface area contributed by atoms with Crippen molar-refractivity contribution in [2.24, 2.45) is 0 Å². The molecule has 0 bridgehead atoms. The van der Waals surface area contributed by atoms with Gasteiger partial charge in [-0.25, -0.2) is 18.2 Å². The second kappa shape index (κ2) is 14.3. The van der Waals surface area contributed by atoms with Gasteiger partial charge in [0.15, 0.2) is 9.84 Å². The Hall–Kier alpha value is -5.22. The van der Waals surface area contributed by atoms with E-state index >= 15 is 0 Å². The van der Waals surface area contributed by atoms with E-state index in [0.29, 0.717) is 24.0 Å². The highest BCUT2D eigenvalue weighted by Crippen LogP contribution is 2.34. The molecule has 0 unspecified atom stereocenters. The van der Waals surface area contributed by atoms with Gasteiger partial charge in [0, 0.05) is 81.7 Å². The van der Waals surface area contributed by atoms with E-state index in [0.717, 1.165) is 55.9 Å². The average Bonchev–Trinajstić information content (AvgIpc) is 3.08. The number of nitrogens with one attached hydrogen (secondary N) is 3. The minimum absolute atomic E-state index is 0.0333. The maximum atomic E-state index is 13.8. The fourth-order valence-corrected chi connectivity index (χ4v) is 6.45. The number of halogens is 3. The van der Waals surface area contributed by atoms with Crippen LogP contribution in [0.2, 0.25) is 0 Å². The molecule has 2 aliphatic heterocycles. The van der Waals surface area contributed by atoms with E-state index in [1.807, 2.05) is 48.5 Å². The van der Waals surface area contributed by atoms with Crippen LogP contribution in [0.15, 0.2) is 83.9 Å². The second-order valence-corrected chi connectivity index (χ2v) is 14.1. The highest BCUT2D eigenvalue weighted by molar-refractivity contribution is 7.90. The number of benzene rings is 3. The Morgan fingerprint density at radius 2 is 1.58 bits per heavy atom. The molecular weight excluding hydrogens is 673 g/mol. The fraction of sp³-hybridized carbons (Fsp3) is 0.294. The van der Waals surface area contributed by atoms with Gasteiger partial charge in [0.25, 0.3) is 0 Å². The van der Waals surface area contributed by atoms with Crippen LogP contribution in [0.4, 0.5) is 46.8 Å². The number of anilines is 5. The molecule has 3 amide bonds. The van der Waals surface area contributed by atoms with Gasteiger partial charge < -0.3 is 15.5 Å². The minimum Gasteiger partial charge on any atom is -0.369 e. The molecule has 1 aromatic heterocycles. The van der Waals surface area contributed by atoms with Gasteiger partial charge in [-0.2, -0.15) is 18.2 Å². The van der Waals surface area contributed by atoms with Crippen molar-refractivity contribution < 1.29 is 31.2 Å². The third-order valence-corrected chi connectivity index (χ3v) is 9.56. The van der Waals surface area contributed by atoms with Crippen LogP contribution in [-0.2, 0) is 33.9 Å². The number of imide groups is 1. The molecule has 262 valence electrons. The molecule has 12 nitrogen and oxygen atoms in total. The highest BCUT2D eigenvalue weighted by atomic mass is 32.2. The largest absolute Gasteiger partial charge is 0.421 e. The average molecular weight is 709 g/mol. The molecule has 3 N–H and O–H groups in total. The van der Waals surface area contributed by atoms with Gasteiger partial charge in [-0.1, -0.05) is 24.3 Å². The molecule has 0 aliphatic carbocycles. The Bertz CT molecular complexity index is 1970. The molecule has 3 heterocycles. The zero-order chi connectivity index (χ0) is 35.5. The molecule has 2 aliphatic rings. The predicted molar refractivity (Wildman–Crippen MR) is 183 cm³/mol. The molecule has 0 radical (unpaired) electrons. The Kier molecular flexibility index (Phi) is 9.93. The molecule has 2 fully saturated rings. The smallest absolute Gasteiger partial charge is 0.369 e. The number of carbonyl (C=O) groups is 2. The molecule has 50 heavy (non-hydrogen) atoms. The lowest BCUT2D eigenvalue weighted by Crippen LogP contribution is -2.49. The normalized spacial score (nSPS) is 15.9. The number of urea groups is 1. The number of rotatable bonds is 10. The van der Waals surface area contributed by atoms with Gasteiger partial charge >= 0.3 is 12.2 Å². The van der Waals surface area contributed by atoms with Crippen LogP contribution < -0.4 is 25.8 Å². The summed E-state index contributed by atoms with van der Waals surface area (Å²) in [5.41, 5.74) is 2.90. The number of hydrogen-bond acceptors (Lipinski definition) is 10. The Morgan fingerprint density at radius 3 is 2.24 bits per heavy atom. The predicted octanol–water partition coefficient (Wildman–Crippen LogP) is 5.02. The second-order valence-electron chi connectivity index (χ2n) is 12.1. The van der Waals surface area contributed by atoms with Crippen LogP contribution in [0.3, 0.4) is 0 Å². The summed E-state index contributed by atoms with van der Waals surface area (Å²) in [7, 11) is -3.48. The van der Waals surface area contributed by atoms with Gasteiger partial charge in [0.05, 0.1) is 4.90 Å². The zero-order valence-electron chi connectivity index (χ0n) is 27.1. The molecule has 16 heteroatoms. The van der Waals surface area contributed by atoms with Crippen LogP contribution >= 0.6 is 0 Å². The zero-order valence-corrected chi connectivity index (χ0v) is 27.9. The number of piperazine rings is 1. The third-order valence-electron chi connectivity index (χ3n) is 8.45. The number of alkyl halides is 3. The van der Waals surface area contributed by atoms with Crippen molar-refractivity contribution in [3.8, 4) is 0 Å². The summed E-state index contributed by atoms with van der Waals surface area (Å²) < 4.78 is 65.1. The number of nitrogens with zero attached hydrogens (tertiary/aromatic N) is 5. The molecular formula is C34H35F3N8O4S. The topological polar surface area (TPSA) is 140 Å². The lowest BCUT2D eigenvalue weighted by Gasteiger charge is -2.36. The number of carbonyl (C=O) groups excluding carboxylic acids is 2. The lowest BCUT2D eigenvalue weighted by atomic mass is 10.1. The molecule has 6 rings (SSSR count). The van der Waals surface area contributed by atoms with E-state index in [4.69, 9.17) is 0 Å². The molecule has 4 aromatic rings. The summed E-state index contributed by atoms with van der Waals surface area (Å²) in [4.78, 5) is 37.8. The van der Waals surface area contributed by atoms with Crippen molar-refractivity contribution in [2.45, 2.75) is 30.6 Å². The van der Waals surface area contributed by atoms with E-state index in [9.17, 15) is 31.2 Å². The standard InChI is InChI=1S/C34H35F3N8O4S/c1-50(48,49)28-4-2-3-24(19-28)20-38-31-29(34(35,36)37)21-39-32(42-31)40-25-7-11-26(12-8-25)44-17-15-43(16-18-44)22-23-5-9-27(10-6-23)45-14-13-30(46)41-33(45)47/h2-12,19,21H,13-18,20,22H2,1H3,(H,41,46,47)(H2,38,39,40,42). The van der Waals surface area contributed by atoms with Crippen LogP contribution in [0.5, 0.6) is 0 Å². The Morgan fingerprint density at radius 1 is 0.880 bits per heavy atom. The van der Waals surface area contributed by atoms with E-state index in [-0.39, 0.29) is 29.7 Å². The number of sulfone groups is 1. The van der Waals surface area contributed by atoms with Gasteiger partial charge in [0.2, 0.25) is 11.9 Å². The first-order valence-corrected chi connectivity index (χ1v) is 17.7. The third kappa shape index (κ3) is 8.49. The monoisotopic (exact) mass is 708 g/mol. The van der Waals surface area contributed by atoms with E-state index in [1.165, 1.54) is 18.2 Å². The number of hydrogen-bond donors (Lipinski definition) is 3. The number of aromatic nitrogens is 2. The molecule has 3 aromatic carbocycles. The summed E-state index contributed by atoms with van der Waals surface area (Å²) >= 11 is 0. The van der Waals surface area contributed by atoms with E-state index in [1.54, 1.807) is 11.0 Å². The molecule has 0 spiro atoms. The lowest BCUT2D eigenvalue weighted by molar-refractivity contribution is -0.137. The first-order chi connectivity index (χ1) is 23.8. The summed E-state index contributed by atoms with van der Waals surface area (Å²) in [6, 6.07) is 20.8. The van der Waals surface area contributed by atoms with Crippen molar-refractivity contribution in [3.05, 3.63) is 95.7 Å². The van der Waals surface area contributed by atoms with Crippen LogP contribution in [0.1, 0.15) is 23.1 Å². The first-order valence-electron chi connectivity index (χ1n) is 15.8. The molecule has 0 atom stereocenters. The van der Waals surface area contributed by atoms with Crippen LogP contribution in [0.25, 0.3) is 0 Å². The molecule has 2 saturated heterocycles. The Labute approximate surface area is 287 Å². The van der Waals surface area contributed by atoms with E-state index in [2.05, 4.69) is 35.7 Å². The van der Waals surface area contributed by atoms with Crippen molar-refractivity contribution >= 4 is 50.6 Å². The summed E-state index contributed by atoms with van der Waals surface area (Å²) in [5, 5.41) is 7.99. The molecule has 0 saturated carbocycles. The van der Waals surface area contributed by atoms with Crippen molar-refractivity contribution in [1.82, 2.24) is 20.2 Å². The van der Waals surface area contributed by atoms with Gasteiger partial charge in [0.1, 0.15) is 11.4 Å². The minimum atomic E-state index is -4.71. The summed E-state index contributed by atoms with van der Waals surface area (Å²) in [5.74, 6) is -0.730. The summed E-state index contributed by atoms with van der Waals surface area (Å²) in [6.45, 7) is 4.32.